The van der Waals surface area contributed by atoms with Crippen LogP contribution < -0.4 is 5.56 Å². The zero-order chi connectivity index (χ0) is 10.3. The molecule has 0 amide bonds. The second-order valence-corrected chi connectivity index (χ2v) is 4.21. The Morgan fingerprint density at radius 1 is 1.40 bits per heavy atom. The van der Waals surface area contributed by atoms with Crippen molar-refractivity contribution in [3.63, 3.8) is 0 Å². The molecule has 0 unspecified atom stereocenters. The van der Waals surface area contributed by atoms with E-state index in [2.05, 4.69) is 15.0 Å². The Hall–Kier alpha value is -1.88. The number of H-pyrrole nitrogens is 2. The van der Waals surface area contributed by atoms with Gasteiger partial charge in [-0.15, -0.1) is 11.3 Å². The molecule has 0 atom stereocenters. The van der Waals surface area contributed by atoms with Crippen molar-refractivity contribution in [2.75, 3.05) is 0 Å². The molecule has 0 bridgehead atoms. The summed E-state index contributed by atoms with van der Waals surface area (Å²) in [6.07, 6.45) is 5.19. The number of aromatic nitrogens is 3. The van der Waals surface area contributed by atoms with Crippen LogP contribution in [-0.2, 0) is 0 Å². The topological polar surface area (TPSA) is 61.5 Å². The highest BCUT2D eigenvalue weighted by atomic mass is 32.1. The molecule has 3 aromatic heterocycles. The summed E-state index contributed by atoms with van der Waals surface area (Å²) >= 11 is 1.46. The summed E-state index contributed by atoms with van der Waals surface area (Å²) in [6, 6.07) is 3.90. The summed E-state index contributed by atoms with van der Waals surface area (Å²) in [7, 11) is 0. The van der Waals surface area contributed by atoms with Crippen molar-refractivity contribution in [3.8, 4) is 10.4 Å². The first-order valence-electron chi connectivity index (χ1n) is 4.45. The van der Waals surface area contributed by atoms with Crippen LogP contribution in [0.15, 0.2) is 35.6 Å². The average Bonchev–Trinajstić information content (AvgIpc) is 2.86. The van der Waals surface area contributed by atoms with Crippen LogP contribution in [-0.4, -0.2) is 15.0 Å². The smallest absolute Gasteiger partial charge is 0.268 e. The zero-order valence-electron chi connectivity index (χ0n) is 7.65. The largest absolute Gasteiger partial charge is 0.367 e. The fraction of sp³-hybridized carbons (Fsp3) is 0. The Labute approximate surface area is 88.6 Å². The van der Waals surface area contributed by atoms with E-state index < -0.39 is 0 Å². The van der Waals surface area contributed by atoms with E-state index in [1.807, 2.05) is 24.5 Å². The van der Waals surface area contributed by atoms with E-state index in [1.54, 1.807) is 0 Å². The van der Waals surface area contributed by atoms with Crippen LogP contribution in [0, 0.1) is 0 Å². The van der Waals surface area contributed by atoms with Crippen LogP contribution in [0.25, 0.3) is 20.7 Å². The lowest BCUT2D eigenvalue weighted by Crippen LogP contribution is -2.02. The van der Waals surface area contributed by atoms with Crippen molar-refractivity contribution in [1.82, 2.24) is 15.0 Å². The molecule has 0 saturated carbocycles. The summed E-state index contributed by atoms with van der Waals surface area (Å²) in [5.41, 5.74) is 1.75. The number of hydrogen-bond acceptors (Lipinski definition) is 3. The molecule has 4 nitrogen and oxygen atoms in total. The fourth-order valence-electron chi connectivity index (χ4n) is 1.49. The van der Waals surface area contributed by atoms with Crippen molar-refractivity contribution in [1.29, 1.82) is 0 Å². The van der Waals surface area contributed by atoms with Crippen LogP contribution >= 0.6 is 11.3 Å². The number of rotatable bonds is 1. The van der Waals surface area contributed by atoms with Crippen molar-refractivity contribution in [2.45, 2.75) is 0 Å². The van der Waals surface area contributed by atoms with Gasteiger partial charge in [-0.25, -0.2) is 4.98 Å². The van der Waals surface area contributed by atoms with Gasteiger partial charge < -0.3 is 9.97 Å². The standard InChI is InChI=1S/C10H7N3OS/c14-10-9-7(12-5-13-10)3-8(15-9)6-1-2-11-4-6/h1-5,11H,(H,12,13,14). The normalized spacial score (nSPS) is 10.9. The Morgan fingerprint density at radius 2 is 2.33 bits per heavy atom. The van der Waals surface area contributed by atoms with E-state index >= 15 is 0 Å². The van der Waals surface area contributed by atoms with Crippen molar-refractivity contribution in [3.05, 3.63) is 41.2 Å². The van der Waals surface area contributed by atoms with Crippen LogP contribution in [0.1, 0.15) is 0 Å². The van der Waals surface area contributed by atoms with E-state index in [0.717, 1.165) is 16.0 Å². The molecule has 0 aliphatic heterocycles. The molecule has 3 heterocycles. The van der Waals surface area contributed by atoms with Gasteiger partial charge in [0.2, 0.25) is 0 Å². The molecule has 3 aromatic rings. The molecule has 15 heavy (non-hydrogen) atoms. The van der Waals surface area contributed by atoms with Gasteiger partial charge in [0, 0.05) is 22.8 Å². The Bertz CT molecular complexity index is 651. The van der Waals surface area contributed by atoms with Crippen molar-refractivity contribution >= 4 is 21.6 Å². The lowest BCUT2D eigenvalue weighted by molar-refractivity contribution is 1.18. The quantitative estimate of drug-likeness (QED) is 0.654. The summed E-state index contributed by atoms with van der Waals surface area (Å²) in [5.74, 6) is 0. The van der Waals surface area contributed by atoms with Crippen molar-refractivity contribution in [2.24, 2.45) is 0 Å². The van der Waals surface area contributed by atoms with Crippen LogP contribution in [0.3, 0.4) is 0 Å². The monoisotopic (exact) mass is 217 g/mol. The average molecular weight is 217 g/mol. The maximum atomic E-state index is 11.5. The van der Waals surface area contributed by atoms with E-state index in [9.17, 15) is 4.79 Å². The van der Waals surface area contributed by atoms with Gasteiger partial charge in [0.1, 0.15) is 4.70 Å². The molecule has 0 aliphatic rings. The third-order valence-electron chi connectivity index (χ3n) is 2.20. The number of fused-ring (bicyclic) bond motifs is 1. The van der Waals surface area contributed by atoms with Gasteiger partial charge in [0.15, 0.2) is 0 Å². The SMILES string of the molecule is O=c1[nH]cnc2cc(-c3cc[nH]c3)sc12. The van der Waals surface area contributed by atoms with Crippen LogP contribution in [0.4, 0.5) is 0 Å². The molecule has 0 saturated heterocycles. The molecule has 0 aromatic carbocycles. The molecule has 0 fully saturated rings. The second kappa shape index (κ2) is 3.06. The van der Waals surface area contributed by atoms with E-state index in [-0.39, 0.29) is 5.56 Å². The first-order valence-corrected chi connectivity index (χ1v) is 5.26. The summed E-state index contributed by atoms with van der Waals surface area (Å²) in [5, 5.41) is 0. The predicted molar refractivity (Wildman–Crippen MR) is 60.0 cm³/mol. The molecule has 5 heteroatoms. The van der Waals surface area contributed by atoms with E-state index in [1.165, 1.54) is 17.7 Å². The van der Waals surface area contributed by atoms with Gasteiger partial charge in [0.25, 0.3) is 5.56 Å². The minimum Gasteiger partial charge on any atom is -0.367 e. The minimum absolute atomic E-state index is 0.0771. The molecular formula is C10H7N3OS. The third kappa shape index (κ3) is 1.28. The Morgan fingerprint density at radius 3 is 3.07 bits per heavy atom. The predicted octanol–water partition coefficient (Wildman–Crippen LogP) is 1.98. The summed E-state index contributed by atoms with van der Waals surface area (Å²) < 4.78 is 0.675. The lowest BCUT2D eigenvalue weighted by atomic mass is 10.3. The van der Waals surface area contributed by atoms with Gasteiger partial charge in [-0.05, 0) is 12.1 Å². The minimum atomic E-state index is -0.0771. The maximum Gasteiger partial charge on any atom is 0.268 e. The molecule has 0 radical (unpaired) electrons. The zero-order valence-corrected chi connectivity index (χ0v) is 8.47. The molecule has 74 valence electrons. The molecule has 0 spiro atoms. The molecule has 3 rings (SSSR count). The first-order chi connectivity index (χ1) is 7.34. The lowest BCUT2D eigenvalue weighted by Gasteiger charge is -1.85. The first kappa shape index (κ1) is 8.43. The highest BCUT2D eigenvalue weighted by Gasteiger charge is 2.07. The summed E-state index contributed by atoms with van der Waals surface area (Å²) in [4.78, 5) is 22.2. The Balaban J connectivity index is 2.32. The number of hydrogen-bond donors (Lipinski definition) is 2. The third-order valence-corrected chi connectivity index (χ3v) is 3.37. The number of nitrogens with one attached hydrogen (secondary N) is 2. The van der Waals surface area contributed by atoms with Crippen molar-refractivity contribution < 1.29 is 0 Å². The van der Waals surface area contributed by atoms with E-state index in [0.29, 0.717) is 4.70 Å². The van der Waals surface area contributed by atoms with Gasteiger partial charge in [-0.1, -0.05) is 0 Å². The highest BCUT2D eigenvalue weighted by molar-refractivity contribution is 7.22. The van der Waals surface area contributed by atoms with Crippen LogP contribution in [0.2, 0.25) is 0 Å². The number of nitrogens with zero attached hydrogens (tertiary/aromatic N) is 1. The van der Waals surface area contributed by atoms with Gasteiger partial charge in [-0.2, -0.15) is 0 Å². The van der Waals surface area contributed by atoms with Crippen LogP contribution in [0.5, 0.6) is 0 Å². The van der Waals surface area contributed by atoms with Gasteiger partial charge >= 0.3 is 0 Å². The fourth-order valence-corrected chi connectivity index (χ4v) is 2.49. The van der Waals surface area contributed by atoms with E-state index in [4.69, 9.17) is 0 Å². The van der Waals surface area contributed by atoms with Gasteiger partial charge in [0.05, 0.1) is 11.8 Å². The number of aromatic amines is 2. The number of thiophene rings is 1. The van der Waals surface area contributed by atoms with Gasteiger partial charge in [-0.3, -0.25) is 4.79 Å². The molecule has 0 aliphatic carbocycles. The summed E-state index contributed by atoms with van der Waals surface area (Å²) in [6.45, 7) is 0. The molecule has 2 N–H and O–H groups in total. The highest BCUT2D eigenvalue weighted by Crippen LogP contribution is 2.29. The molecular weight excluding hydrogens is 210 g/mol. The Kier molecular flexibility index (Phi) is 1.72. The second-order valence-electron chi connectivity index (χ2n) is 3.16. The maximum absolute atomic E-state index is 11.5.